The molecule has 3 N–H and O–H groups in total. The lowest BCUT2D eigenvalue weighted by Gasteiger charge is -2.15. The van der Waals surface area contributed by atoms with Gasteiger partial charge in [0.15, 0.2) is 5.82 Å². The monoisotopic (exact) mass is 405 g/mol. The van der Waals surface area contributed by atoms with Crippen LogP contribution >= 0.6 is 0 Å². The van der Waals surface area contributed by atoms with Crippen LogP contribution in [-0.2, 0) is 11.3 Å². The Hall–Kier alpha value is -4.14. The van der Waals surface area contributed by atoms with Crippen LogP contribution in [0.15, 0.2) is 54.6 Å². The van der Waals surface area contributed by atoms with Crippen molar-refractivity contribution in [3.63, 3.8) is 0 Å². The molecular formula is C21H19N5O4. The van der Waals surface area contributed by atoms with Crippen LogP contribution in [0.2, 0.25) is 0 Å². The highest BCUT2D eigenvalue weighted by Crippen LogP contribution is 2.29. The molecule has 9 nitrogen and oxygen atoms in total. The number of rotatable bonds is 6. The number of methoxy groups -OCH3 is 1. The number of nitrogens with zero attached hydrogens (tertiary/aromatic N) is 2. The van der Waals surface area contributed by atoms with E-state index in [9.17, 15) is 14.4 Å². The molecule has 1 aromatic heterocycles. The molecule has 1 saturated heterocycles. The van der Waals surface area contributed by atoms with E-state index in [0.29, 0.717) is 28.4 Å². The van der Waals surface area contributed by atoms with Gasteiger partial charge in [-0.2, -0.15) is 5.10 Å². The summed E-state index contributed by atoms with van der Waals surface area (Å²) in [5, 5.41) is 12.3. The van der Waals surface area contributed by atoms with Crippen molar-refractivity contribution in [3.8, 4) is 17.0 Å². The Balaban J connectivity index is 1.53. The van der Waals surface area contributed by atoms with Gasteiger partial charge in [0.2, 0.25) is 5.91 Å². The molecule has 0 radical (unpaired) electrons. The van der Waals surface area contributed by atoms with Crippen LogP contribution in [0.25, 0.3) is 11.3 Å². The van der Waals surface area contributed by atoms with Gasteiger partial charge in [0.1, 0.15) is 5.75 Å². The Kier molecular flexibility index (Phi) is 5.17. The molecule has 0 atom stereocenters. The van der Waals surface area contributed by atoms with Crippen molar-refractivity contribution in [2.75, 3.05) is 19.0 Å². The number of carbonyl (C=O) groups is 3. The first kappa shape index (κ1) is 19.2. The van der Waals surface area contributed by atoms with E-state index < -0.39 is 11.9 Å². The van der Waals surface area contributed by atoms with E-state index in [0.717, 1.165) is 10.5 Å². The highest BCUT2D eigenvalue weighted by atomic mass is 16.5. The average molecular weight is 405 g/mol. The fourth-order valence-corrected chi connectivity index (χ4v) is 3.24. The first-order chi connectivity index (χ1) is 14.6. The van der Waals surface area contributed by atoms with Crippen molar-refractivity contribution in [1.29, 1.82) is 0 Å². The third-order valence-electron chi connectivity index (χ3n) is 4.74. The van der Waals surface area contributed by atoms with Crippen molar-refractivity contribution < 1.29 is 19.1 Å². The topological polar surface area (TPSA) is 116 Å². The van der Waals surface area contributed by atoms with Gasteiger partial charge >= 0.3 is 6.03 Å². The minimum absolute atomic E-state index is 0.0152. The second-order valence-corrected chi connectivity index (χ2v) is 6.62. The fourth-order valence-electron chi connectivity index (χ4n) is 3.24. The summed E-state index contributed by atoms with van der Waals surface area (Å²) in [5.41, 5.74) is 2.41. The number of carbonyl (C=O) groups excluding carboxylic acids is 3. The summed E-state index contributed by atoms with van der Waals surface area (Å²) in [4.78, 5) is 37.6. The first-order valence-electron chi connectivity index (χ1n) is 9.23. The molecule has 2 aromatic carbocycles. The van der Waals surface area contributed by atoms with Crippen LogP contribution in [0, 0.1) is 0 Å². The Bertz CT molecular complexity index is 1110. The summed E-state index contributed by atoms with van der Waals surface area (Å²) in [6.07, 6.45) is 0. The zero-order valence-electron chi connectivity index (χ0n) is 16.1. The van der Waals surface area contributed by atoms with E-state index in [1.807, 2.05) is 24.3 Å². The van der Waals surface area contributed by atoms with E-state index in [2.05, 4.69) is 20.8 Å². The lowest BCUT2D eigenvalue weighted by Crippen LogP contribution is -2.31. The Labute approximate surface area is 172 Å². The molecule has 0 bridgehead atoms. The number of nitrogens with one attached hydrogen (secondary N) is 3. The van der Waals surface area contributed by atoms with Gasteiger partial charge in [0, 0.05) is 17.2 Å². The smallest absolute Gasteiger partial charge is 0.324 e. The SMILES string of the molecule is COc1ccccc1-c1cc(NC(=O)c2ccccc2CN2C(=O)CNC2=O)n[nH]1. The van der Waals surface area contributed by atoms with Crippen LogP contribution in [0.5, 0.6) is 5.75 Å². The third-order valence-corrected chi connectivity index (χ3v) is 4.74. The van der Waals surface area contributed by atoms with Gasteiger partial charge in [0.25, 0.3) is 5.91 Å². The van der Waals surface area contributed by atoms with Crippen molar-refractivity contribution in [2.45, 2.75) is 6.54 Å². The maximum absolute atomic E-state index is 12.8. The number of amides is 4. The minimum Gasteiger partial charge on any atom is -0.496 e. The van der Waals surface area contributed by atoms with E-state index in [1.165, 1.54) is 0 Å². The van der Waals surface area contributed by atoms with Crippen LogP contribution in [0.1, 0.15) is 15.9 Å². The number of hydrogen-bond donors (Lipinski definition) is 3. The van der Waals surface area contributed by atoms with Gasteiger partial charge in [-0.05, 0) is 23.8 Å². The number of aromatic nitrogens is 2. The summed E-state index contributed by atoms with van der Waals surface area (Å²) < 4.78 is 5.36. The number of imide groups is 1. The van der Waals surface area contributed by atoms with Gasteiger partial charge in [0.05, 0.1) is 25.9 Å². The molecule has 1 aliphatic heterocycles. The lowest BCUT2D eigenvalue weighted by atomic mass is 10.1. The molecule has 3 aromatic rings. The number of ether oxygens (including phenoxy) is 1. The lowest BCUT2D eigenvalue weighted by molar-refractivity contribution is -0.125. The number of anilines is 1. The molecule has 4 amide bonds. The van der Waals surface area contributed by atoms with Crippen molar-refractivity contribution in [1.82, 2.24) is 20.4 Å². The predicted octanol–water partition coefficient (Wildman–Crippen LogP) is 2.39. The second-order valence-electron chi connectivity index (χ2n) is 6.62. The molecule has 1 aliphatic rings. The van der Waals surface area contributed by atoms with Gasteiger partial charge in [-0.1, -0.05) is 30.3 Å². The third kappa shape index (κ3) is 3.72. The van der Waals surface area contributed by atoms with Crippen molar-refractivity contribution in [2.24, 2.45) is 0 Å². The first-order valence-corrected chi connectivity index (χ1v) is 9.23. The predicted molar refractivity (Wildman–Crippen MR) is 109 cm³/mol. The molecule has 9 heteroatoms. The number of urea groups is 1. The molecule has 2 heterocycles. The molecule has 0 aliphatic carbocycles. The quantitative estimate of drug-likeness (QED) is 0.545. The number of para-hydroxylation sites is 1. The number of benzene rings is 2. The summed E-state index contributed by atoms with van der Waals surface area (Å²) in [6.45, 7) is -0.0204. The molecule has 152 valence electrons. The normalized spacial score (nSPS) is 13.3. The van der Waals surface area contributed by atoms with E-state index in [4.69, 9.17) is 4.74 Å². The molecule has 30 heavy (non-hydrogen) atoms. The molecule has 4 rings (SSSR count). The van der Waals surface area contributed by atoms with Crippen LogP contribution in [0.4, 0.5) is 10.6 Å². The molecule has 0 unspecified atom stereocenters. The maximum atomic E-state index is 12.8. The van der Waals surface area contributed by atoms with Gasteiger partial charge in [-0.25, -0.2) is 4.79 Å². The number of hydrogen-bond acceptors (Lipinski definition) is 5. The Morgan fingerprint density at radius 3 is 2.70 bits per heavy atom. The largest absolute Gasteiger partial charge is 0.496 e. The highest BCUT2D eigenvalue weighted by Gasteiger charge is 2.29. The van der Waals surface area contributed by atoms with Crippen LogP contribution < -0.4 is 15.4 Å². The summed E-state index contributed by atoms with van der Waals surface area (Å²) in [7, 11) is 1.58. The Morgan fingerprint density at radius 2 is 1.93 bits per heavy atom. The van der Waals surface area contributed by atoms with Crippen molar-refractivity contribution >= 4 is 23.7 Å². The Morgan fingerprint density at radius 1 is 1.17 bits per heavy atom. The molecular weight excluding hydrogens is 386 g/mol. The minimum atomic E-state index is -0.469. The zero-order valence-corrected chi connectivity index (χ0v) is 16.1. The summed E-state index contributed by atoms with van der Waals surface area (Å²) >= 11 is 0. The van der Waals surface area contributed by atoms with Crippen molar-refractivity contribution in [3.05, 3.63) is 65.7 Å². The van der Waals surface area contributed by atoms with Crippen LogP contribution in [-0.4, -0.2) is 46.6 Å². The van der Waals surface area contributed by atoms with E-state index in [-0.39, 0.29) is 19.0 Å². The highest BCUT2D eigenvalue weighted by molar-refractivity contribution is 6.06. The zero-order chi connectivity index (χ0) is 21.1. The number of aromatic amines is 1. The average Bonchev–Trinajstić information content (AvgIpc) is 3.35. The van der Waals surface area contributed by atoms with Crippen LogP contribution in [0.3, 0.4) is 0 Å². The number of H-pyrrole nitrogens is 1. The van der Waals surface area contributed by atoms with E-state index >= 15 is 0 Å². The summed E-state index contributed by atoms with van der Waals surface area (Å²) in [6, 6.07) is 15.5. The van der Waals surface area contributed by atoms with Gasteiger partial charge in [-0.3, -0.25) is 19.6 Å². The van der Waals surface area contributed by atoms with Gasteiger partial charge in [-0.15, -0.1) is 0 Å². The maximum Gasteiger partial charge on any atom is 0.324 e. The standard InChI is InChI=1S/C21H19N5O4/c1-30-17-9-5-4-8-15(17)16-10-18(25-24-16)23-20(28)14-7-3-2-6-13(14)12-26-19(27)11-22-21(26)29/h2-10H,11-12H2,1H3,(H,22,29)(H2,23,24,25,28). The second kappa shape index (κ2) is 8.08. The molecule has 1 fully saturated rings. The fraction of sp³-hybridized carbons (Fsp3) is 0.143. The van der Waals surface area contributed by atoms with Gasteiger partial charge < -0.3 is 15.4 Å². The van der Waals surface area contributed by atoms with E-state index in [1.54, 1.807) is 37.4 Å². The molecule has 0 saturated carbocycles. The molecule has 0 spiro atoms. The summed E-state index contributed by atoms with van der Waals surface area (Å²) in [5.74, 6) is 0.295.